The lowest BCUT2D eigenvalue weighted by Crippen LogP contribution is -2.27. The molecule has 0 spiro atoms. The van der Waals surface area contributed by atoms with Crippen molar-refractivity contribution in [3.05, 3.63) is 0 Å². The SMILES string of the molecule is CCO[SiH](OCC)OCC.O=C(O)CCS. The van der Waals surface area contributed by atoms with Crippen LogP contribution in [-0.4, -0.2) is 46.2 Å². The zero-order valence-corrected chi connectivity index (χ0v) is 12.2. The molecular formula is C9H22O5SSi. The van der Waals surface area contributed by atoms with Crippen molar-refractivity contribution in [3.63, 3.8) is 0 Å². The van der Waals surface area contributed by atoms with Gasteiger partial charge in [-0.05, 0) is 20.8 Å². The van der Waals surface area contributed by atoms with Gasteiger partial charge in [0.05, 0.1) is 6.42 Å². The van der Waals surface area contributed by atoms with Crippen molar-refractivity contribution < 1.29 is 23.2 Å². The zero-order chi connectivity index (χ0) is 12.8. The first-order valence-corrected chi connectivity index (χ1v) is 7.34. The van der Waals surface area contributed by atoms with Gasteiger partial charge in [-0.3, -0.25) is 4.79 Å². The summed E-state index contributed by atoms with van der Waals surface area (Å²) in [6.07, 6.45) is 0.156. The molecule has 0 radical (unpaired) electrons. The van der Waals surface area contributed by atoms with Gasteiger partial charge in [-0.15, -0.1) is 0 Å². The van der Waals surface area contributed by atoms with E-state index in [1.807, 2.05) is 20.8 Å². The van der Waals surface area contributed by atoms with Gasteiger partial charge >= 0.3 is 15.5 Å². The van der Waals surface area contributed by atoms with Gasteiger partial charge in [-0.2, -0.15) is 12.6 Å². The van der Waals surface area contributed by atoms with Gasteiger partial charge in [0.2, 0.25) is 0 Å². The van der Waals surface area contributed by atoms with Crippen LogP contribution in [0.4, 0.5) is 0 Å². The third-order valence-corrected chi connectivity index (χ3v) is 3.27. The van der Waals surface area contributed by atoms with Gasteiger partial charge in [-0.25, -0.2) is 0 Å². The Kier molecular flexibility index (Phi) is 17.0. The summed E-state index contributed by atoms with van der Waals surface area (Å²) < 4.78 is 15.7. The first kappa shape index (κ1) is 18.3. The van der Waals surface area contributed by atoms with E-state index in [9.17, 15) is 4.79 Å². The van der Waals surface area contributed by atoms with Crippen LogP contribution in [-0.2, 0) is 18.1 Å². The highest BCUT2D eigenvalue weighted by atomic mass is 32.1. The molecule has 0 unspecified atom stereocenters. The first-order valence-electron chi connectivity index (χ1n) is 5.29. The molecule has 0 aromatic heterocycles. The van der Waals surface area contributed by atoms with E-state index in [4.69, 9.17) is 18.4 Å². The molecule has 0 fully saturated rings. The maximum atomic E-state index is 9.55. The molecule has 0 aromatic rings. The van der Waals surface area contributed by atoms with Crippen molar-refractivity contribution in [1.82, 2.24) is 0 Å². The molecule has 0 bridgehead atoms. The molecule has 0 heterocycles. The van der Waals surface area contributed by atoms with Crippen molar-refractivity contribution >= 4 is 28.1 Å². The Bertz CT molecular complexity index is 145. The molecule has 0 aliphatic rings. The predicted octanol–water partition coefficient (Wildman–Crippen LogP) is 1.20. The summed E-state index contributed by atoms with van der Waals surface area (Å²) in [5.74, 6) is -0.361. The average molecular weight is 270 g/mol. The molecular weight excluding hydrogens is 248 g/mol. The number of hydrogen-bond acceptors (Lipinski definition) is 5. The topological polar surface area (TPSA) is 65.0 Å². The highest BCUT2D eigenvalue weighted by Crippen LogP contribution is 1.91. The fourth-order valence-corrected chi connectivity index (χ4v) is 1.94. The summed E-state index contributed by atoms with van der Waals surface area (Å²) in [6, 6.07) is 0. The van der Waals surface area contributed by atoms with Gasteiger partial charge in [0, 0.05) is 25.6 Å². The second-order valence-corrected chi connectivity index (χ2v) is 4.55. The van der Waals surface area contributed by atoms with Gasteiger partial charge in [0.1, 0.15) is 0 Å². The normalized spacial score (nSPS) is 9.81. The molecule has 0 rings (SSSR count). The molecule has 98 valence electrons. The lowest BCUT2D eigenvalue weighted by atomic mass is 10.5. The van der Waals surface area contributed by atoms with Crippen LogP contribution in [0.25, 0.3) is 0 Å². The standard InChI is InChI=1S/C6H16O3Si.C3H6O2S/c1-4-7-10(8-5-2)9-6-3;4-3(5)1-2-6/h10H,4-6H2,1-3H3;6H,1-2H2,(H,4,5). The number of carboxylic acids is 1. The van der Waals surface area contributed by atoms with Crippen molar-refractivity contribution in [1.29, 1.82) is 0 Å². The van der Waals surface area contributed by atoms with E-state index in [-0.39, 0.29) is 6.42 Å². The number of thiol groups is 1. The van der Waals surface area contributed by atoms with Crippen LogP contribution >= 0.6 is 12.6 Å². The van der Waals surface area contributed by atoms with E-state index >= 15 is 0 Å². The summed E-state index contributed by atoms with van der Waals surface area (Å²) in [6.45, 7) is 7.86. The van der Waals surface area contributed by atoms with Crippen LogP contribution < -0.4 is 0 Å². The predicted molar refractivity (Wildman–Crippen MR) is 68.1 cm³/mol. The molecule has 0 atom stereocenters. The minimum atomic E-state index is -1.73. The number of carboxylic acid groups (broad SMARTS) is 1. The van der Waals surface area contributed by atoms with Crippen LogP contribution in [0.15, 0.2) is 0 Å². The molecule has 0 amide bonds. The number of hydrogen-bond donors (Lipinski definition) is 2. The fourth-order valence-electron chi connectivity index (χ4n) is 0.648. The van der Waals surface area contributed by atoms with Crippen LogP contribution in [0.2, 0.25) is 0 Å². The summed E-state index contributed by atoms with van der Waals surface area (Å²) in [7, 11) is -1.73. The van der Waals surface area contributed by atoms with E-state index in [2.05, 4.69) is 12.6 Å². The summed E-state index contributed by atoms with van der Waals surface area (Å²) >= 11 is 3.68. The third-order valence-electron chi connectivity index (χ3n) is 1.23. The molecule has 5 nitrogen and oxygen atoms in total. The Morgan fingerprint density at radius 1 is 1.12 bits per heavy atom. The fraction of sp³-hybridized carbons (Fsp3) is 0.889. The Balaban J connectivity index is 0. The van der Waals surface area contributed by atoms with Crippen LogP contribution in [0, 0.1) is 0 Å². The van der Waals surface area contributed by atoms with Crippen molar-refractivity contribution in [2.75, 3.05) is 25.6 Å². The summed E-state index contributed by atoms with van der Waals surface area (Å²) in [5, 5.41) is 7.86. The zero-order valence-electron chi connectivity index (χ0n) is 10.1. The highest BCUT2D eigenvalue weighted by molar-refractivity contribution is 7.80. The number of carbonyl (C=O) groups is 1. The second-order valence-electron chi connectivity index (χ2n) is 2.52. The van der Waals surface area contributed by atoms with Crippen LogP contribution in [0.3, 0.4) is 0 Å². The largest absolute Gasteiger partial charge is 0.484 e. The van der Waals surface area contributed by atoms with Gasteiger partial charge < -0.3 is 18.4 Å². The minimum absolute atomic E-state index is 0.156. The Morgan fingerprint density at radius 2 is 1.50 bits per heavy atom. The summed E-state index contributed by atoms with van der Waals surface area (Å²) in [5.41, 5.74) is 0. The van der Waals surface area contributed by atoms with Gasteiger partial charge in [0.15, 0.2) is 0 Å². The quantitative estimate of drug-likeness (QED) is 0.512. The first-order chi connectivity index (χ1) is 7.62. The van der Waals surface area contributed by atoms with Gasteiger partial charge in [-0.1, -0.05) is 0 Å². The summed E-state index contributed by atoms with van der Waals surface area (Å²) in [4.78, 5) is 9.55. The number of rotatable bonds is 8. The van der Waals surface area contributed by atoms with E-state index in [0.717, 1.165) is 0 Å². The maximum absolute atomic E-state index is 9.55. The minimum Gasteiger partial charge on any atom is -0.481 e. The van der Waals surface area contributed by atoms with Crippen LogP contribution in [0.5, 0.6) is 0 Å². The lowest BCUT2D eigenvalue weighted by Gasteiger charge is -2.12. The third kappa shape index (κ3) is 16.4. The average Bonchev–Trinajstić information content (AvgIpc) is 2.19. The molecule has 0 aliphatic carbocycles. The van der Waals surface area contributed by atoms with E-state index in [1.54, 1.807) is 0 Å². The smallest absolute Gasteiger partial charge is 0.481 e. The second kappa shape index (κ2) is 14.9. The van der Waals surface area contributed by atoms with Gasteiger partial charge in [0.25, 0.3) is 0 Å². The van der Waals surface area contributed by atoms with E-state index in [0.29, 0.717) is 25.6 Å². The van der Waals surface area contributed by atoms with Crippen molar-refractivity contribution in [2.24, 2.45) is 0 Å². The van der Waals surface area contributed by atoms with Crippen molar-refractivity contribution in [2.45, 2.75) is 27.2 Å². The molecule has 0 saturated carbocycles. The van der Waals surface area contributed by atoms with Crippen molar-refractivity contribution in [3.8, 4) is 0 Å². The van der Waals surface area contributed by atoms with E-state index in [1.165, 1.54) is 0 Å². The van der Waals surface area contributed by atoms with Crippen LogP contribution in [0.1, 0.15) is 27.2 Å². The monoisotopic (exact) mass is 270 g/mol. The number of aliphatic carboxylic acids is 1. The molecule has 0 aliphatic heterocycles. The lowest BCUT2D eigenvalue weighted by molar-refractivity contribution is -0.136. The molecule has 0 aromatic carbocycles. The molecule has 7 heteroatoms. The van der Waals surface area contributed by atoms with E-state index < -0.39 is 15.5 Å². The molecule has 0 saturated heterocycles. The Morgan fingerprint density at radius 3 is 1.62 bits per heavy atom. The Hall–Kier alpha value is -0.0831. The highest BCUT2D eigenvalue weighted by Gasteiger charge is 2.11. The molecule has 1 N–H and O–H groups in total. The maximum Gasteiger partial charge on any atom is 0.484 e. The molecule has 16 heavy (non-hydrogen) atoms. The Labute approximate surface area is 104 Å².